The maximum absolute atomic E-state index is 12.1. The van der Waals surface area contributed by atoms with Crippen LogP contribution in [0.3, 0.4) is 0 Å². The minimum Gasteiger partial charge on any atom is -0.389 e. The van der Waals surface area contributed by atoms with Crippen LogP contribution in [0.25, 0.3) is 22.0 Å². The first-order valence-electron chi connectivity index (χ1n) is 15.3. The van der Waals surface area contributed by atoms with Crippen molar-refractivity contribution in [3.63, 3.8) is 0 Å². The van der Waals surface area contributed by atoms with E-state index < -0.39 is 5.60 Å². The molecule has 4 heterocycles. The zero-order valence-electron chi connectivity index (χ0n) is 25.2. The fourth-order valence-corrected chi connectivity index (χ4v) is 8.54. The molecule has 2 aliphatic carbocycles. The Morgan fingerprint density at radius 1 is 1.21 bits per heavy atom. The summed E-state index contributed by atoms with van der Waals surface area (Å²) in [5.74, 6) is 1.04. The Balaban J connectivity index is 1.29. The van der Waals surface area contributed by atoms with E-state index >= 15 is 0 Å². The second-order valence-corrected chi connectivity index (χ2v) is 14.5. The van der Waals surface area contributed by atoms with Crippen LogP contribution in [0, 0.1) is 19.3 Å². The van der Waals surface area contributed by atoms with Gasteiger partial charge in [0.25, 0.3) is 0 Å². The van der Waals surface area contributed by atoms with Gasteiger partial charge in [0.2, 0.25) is 5.91 Å². The molecule has 7 rings (SSSR count). The molecule has 2 saturated heterocycles. The van der Waals surface area contributed by atoms with Gasteiger partial charge >= 0.3 is 0 Å². The maximum atomic E-state index is 12.1. The van der Waals surface area contributed by atoms with Crippen LogP contribution in [0.15, 0.2) is 24.9 Å². The number of carbonyl (C=O) groups excluding carboxylic acids is 1. The van der Waals surface area contributed by atoms with E-state index in [0.717, 1.165) is 103 Å². The summed E-state index contributed by atoms with van der Waals surface area (Å²) in [5.41, 5.74) is 4.69. The van der Waals surface area contributed by atoms with Gasteiger partial charge in [-0.05, 0) is 77.5 Å². The summed E-state index contributed by atoms with van der Waals surface area (Å²) in [6, 6.07) is 2.36. The van der Waals surface area contributed by atoms with Crippen LogP contribution < -0.4 is 4.90 Å². The van der Waals surface area contributed by atoms with Crippen molar-refractivity contribution in [3.8, 4) is 11.1 Å². The molecule has 2 aliphatic heterocycles. The van der Waals surface area contributed by atoms with Crippen molar-refractivity contribution in [2.24, 2.45) is 5.41 Å². The van der Waals surface area contributed by atoms with E-state index in [4.69, 9.17) is 16.7 Å². The number of aromatic nitrogens is 4. The van der Waals surface area contributed by atoms with E-state index in [1.165, 1.54) is 12.5 Å². The minimum atomic E-state index is -0.730. The van der Waals surface area contributed by atoms with Crippen LogP contribution in [-0.2, 0) is 4.79 Å². The largest absolute Gasteiger partial charge is 0.389 e. The van der Waals surface area contributed by atoms with E-state index in [2.05, 4.69) is 51.2 Å². The van der Waals surface area contributed by atoms with Crippen molar-refractivity contribution in [3.05, 3.63) is 41.2 Å². The standard InChI is InChI=1S/C32H42ClN7O2/c1-6-25(41)38-17-31(18-38)13-22(14-31)40-21(3)26(27-23-15-34-35-24(23)12-20(2)28(27)33)29(36-40)39-11-10-37(16-30(4,5)42)19-32(39)8-7-9-32/h6,12,15,22,42H,1,7-11,13-14,16-19H2,2-5H3,(H,34,35). The quantitative estimate of drug-likeness (QED) is 0.398. The number of H-pyrrole nitrogens is 1. The van der Waals surface area contributed by atoms with Gasteiger partial charge in [-0.15, -0.1) is 0 Å². The van der Waals surface area contributed by atoms with Crippen molar-refractivity contribution < 1.29 is 9.90 Å². The topological polar surface area (TPSA) is 93.5 Å². The Bertz CT molecular complexity index is 1570. The number of nitrogens with zero attached hydrogens (tertiary/aromatic N) is 6. The van der Waals surface area contributed by atoms with Gasteiger partial charge in [-0.3, -0.25) is 19.5 Å². The lowest BCUT2D eigenvalue weighted by atomic mass is 9.60. The molecule has 2 spiro atoms. The van der Waals surface area contributed by atoms with Crippen molar-refractivity contribution in [2.75, 3.05) is 44.2 Å². The Labute approximate surface area is 252 Å². The highest BCUT2D eigenvalue weighted by Crippen LogP contribution is 2.56. The van der Waals surface area contributed by atoms with E-state index in [9.17, 15) is 9.90 Å². The Kier molecular flexibility index (Phi) is 6.36. The highest BCUT2D eigenvalue weighted by Gasteiger charge is 2.55. The molecule has 0 radical (unpaired) electrons. The van der Waals surface area contributed by atoms with Gasteiger partial charge in [-0.2, -0.15) is 10.2 Å². The normalized spacial score (nSPS) is 22.0. The zero-order chi connectivity index (χ0) is 29.6. The number of likely N-dealkylation sites (tertiary alicyclic amines) is 1. The molecule has 0 unspecified atom stereocenters. The first kappa shape index (κ1) is 27.9. The molecule has 2 N–H and O–H groups in total. The number of halogens is 1. The predicted octanol–water partition coefficient (Wildman–Crippen LogP) is 4.86. The number of aromatic amines is 1. The summed E-state index contributed by atoms with van der Waals surface area (Å²) in [4.78, 5) is 19.0. The highest BCUT2D eigenvalue weighted by atomic mass is 35.5. The summed E-state index contributed by atoms with van der Waals surface area (Å²) in [6.07, 6.45) is 8.76. The molecule has 4 fully saturated rings. The number of hydrogen-bond acceptors (Lipinski definition) is 6. The molecule has 224 valence electrons. The fourth-order valence-electron chi connectivity index (χ4n) is 8.29. The zero-order valence-corrected chi connectivity index (χ0v) is 26.0. The van der Waals surface area contributed by atoms with E-state index in [0.29, 0.717) is 6.54 Å². The number of fused-ring (bicyclic) bond motifs is 1. The second-order valence-electron chi connectivity index (χ2n) is 14.2. The van der Waals surface area contributed by atoms with Gasteiger partial charge < -0.3 is 14.9 Å². The van der Waals surface area contributed by atoms with Crippen LogP contribution in [0.5, 0.6) is 0 Å². The molecule has 1 amide bonds. The minimum absolute atomic E-state index is 0.00392. The average molecular weight is 592 g/mol. The van der Waals surface area contributed by atoms with E-state index in [1.807, 2.05) is 24.9 Å². The van der Waals surface area contributed by atoms with E-state index in [1.54, 1.807) is 0 Å². The van der Waals surface area contributed by atoms with Gasteiger partial charge in [-0.25, -0.2) is 0 Å². The first-order valence-corrected chi connectivity index (χ1v) is 15.7. The van der Waals surface area contributed by atoms with Crippen LogP contribution in [0.1, 0.15) is 63.3 Å². The molecule has 0 bridgehead atoms. The maximum Gasteiger partial charge on any atom is 0.245 e. The molecule has 3 aromatic rings. The summed E-state index contributed by atoms with van der Waals surface area (Å²) in [6.45, 7) is 16.6. The van der Waals surface area contributed by atoms with Gasteiger partial charge in [-0.1, -0.05) is 18.2 Å². The van der Waals surface area contributed by atoms with Crippen molar-refractivity contribution >= 4 is 34.2 Å². The number of nitrogens with one attached hydrogen (secondary N) is 1. The van der Waals surface area contributed by atoms with Crippen LogP contribution in [-0.4, -0.2) is 91.2 Å². The fraction of sp³-hybridized carbons (Fsp3) is 0.594. The molecule has 0 atom stereocenters. The number of carbonyl (C=O) groups is 1. The number of piperazine rings is 1. The summed E-state index contributed by atoms with van der Waals surface area (Å²) in [7, 11) is 0. The number of aliphatic hydroxyl groups is 1. The Morgan fingerprint density at radius 2 is 1.95 bits per heavy atom. The molecule has 2 saturated carbocycles. The Morgan fingerprint density at radius 3 is 2.60 bits per heavy atom. The lowest BCUT2D eigenvalue weighted by Gasteiger charge is -2.59. The number of amides is 1. The van der Waals surface area contributed by atoms with Crippen LogP contribution in [0.2, 0.25) is 5.02 Å². The predicted molar refractivity (Wildman–Crippen MR) is 166 cm³/mol. The molecule has 10 heteroatoms. The van der Waals surface area contributed by atoms with Crippen LogP contribution in [0.4, 0.5) is 5.82 Å². The SMILES string of the molecule is C=CC(=O)N1CC2(CC(n3nc(N4CCN(CC(C)(C)O)CC45CCC5)c(-c4c(Cl)c(C)cc5[nH]ncc45)c3C)C2)C1. The van der Waals surface area contributed by atoms with Gasteiger partial charge in [0.1, 0.15) is 0 Å². The van der Waals surface area contributed by atoms with Crippen molar-refractivity contribution in [1.29, 1.82) is 0 Å². The van der Waals surface area contributed by atoms with E-state index in [-0.39, 0.29) is 22.9 Å². The summed E-state index contributed by atoms with van der Waals surface area (Å²) < 4.78 is 2.26. The second kappa shape index (κ2) is 9.56. The molecule has 9 nitrogen and oxygen atoms in total. The molecular weight excluding hydrogens is 550 g/mol. The number of hydrogen-bond donors (Lipinski definition) is 2. The third-order valence-corrected chi connectivity index (χ3v) is 10.8. The van der Waals surface area contributed by atoms with Crippen molar-refractivity contribution in [2.45, 2.75) is 77.0 Å². The Hall–Kier alpha value is -2.88. The molecule has 42 heavy (non-hydrogen) atoms. The molecule has 2 aromatic heterocycles. The highest BCUT2D eigenvalue weighted by molar-refractivity contribution is 6.36. The monoisotopic (exact) mass is 591 g/mol. The van der Waals surface area contributed by atoms with Crippen LogP contribution >= 0.6 is 11.6 Å². The number of β-amino-alcohol motifs (C(OH)–C–C–N with tert-alkyl or cyclic N) is 1. The van der Waals surface area contributed by atoms with Crippen molar-refractivity contribution in [1.82, 2.24) is 29.8 Å². The number of anilines is 1. The van der Waals surface area contributed by atoms with Gasteiger partial charge in [0, 0.05) is 66.9 Å². The summed E-state index contributed by atoms with van der Waals surface area (Å²) >= 11 is 7.16. The third kappa shape index (κ3) is 4.30. The average Bonchev–Trinajstić information content (AvgIpc) is 3.45. The number of benzene rings is 1. The smallest absolute Gasteiger partial charge is 0.245 e. The molecular formula is C32H42ClN7O2. The summed E-state index contributed by atoms with van der Waals surface area (Å²) in [5, 5.41) is 25.3. The third-order valence-electron chi connectivity index (χ3n) is 10.3. The molecule has 1 aromatic carbocycles. The first-order chi connectivity index (χ1) is 19.9. The van der Waals surface area contributed by atoms with Gasteiger partial charge in [0.15, 0.2) is 5.82 Å². The lowest BCUT2D eigenvalue weighted by Crippen LogP contribution is -2.67. The number of rotatable bonds is 6. The lowest BCUT2D eigenvalue weighted by molar-refractivity contribution is -0.149. The van der Waals surface area contributed by atoms with Gasteiger partial charge in [0.05, 0.1) is 33.9 Å². The number of aryl methyl sites for hydroxylation is 1. The molecule has 4 aliphatic rings.